The molecule has 0 spiro atoms. The molecule has 2 heterocycles. The van der Waals surface area contributed by atoms with E-state index in [9.17, 15) is 4.79 Å². The molecule has 0 radical (unpaired) electrons. The first kappa shape index (κ1) is 12.0. The van der Waals surface area contributed by atoms with Crippen LogP contribution in [0.25, 0.3) is 0 Å². The van der Waals surface area contributed by atoms with E-state index in [1.165, 1.54) is 0 Å². The van der Waals surface area contributed by atoms with Gasteiger partial charge in [0.25, 0.3) is 0 Å². The largest absolute Gasteiger partial charge is 0.347 e. The van der Waals surface area contributed by atoms with Crippen molar-refractivity contribution in [3.8, 4) is 0 Å². The van der Waals surface area contributed by atoms with Crippen LogP contribution < -0.4 is 0 Å². The summed E-state index contributed by atoms with van der Waals surface area (Å²) in [6.07, 6.45) is 5.45. The number of carbonyl (C=O) groups is 1. The molecule has 4 heteroatoms. The van der Waals surface area contributed by atoms with Gasteiger partial charge >= 0.3 is 0 Å². The second kappa shape index (κ2) is 4.45. The molecule has 1 aliphatic heterocycles. The van der Waals surface area contributed by atoms with Crippen LogP contribution in [0.1, 0.15) is 18.4 Å². The Bertz CT molecular complexity index is 404. The molecular formula is C13H19N3O. The van der Waals surface area contributed by atoms with Crippen LogP contribution in [0.5, 0.6) is 0 Å². The predicted molar refractivity (Wildman–Crippen MR) is 66.5 cm³/mol. The molecule has 0 saturated carbocycles. The van der Waals surface area contributed by atoms with Crippen LogP contribution in [-0.2, 0) is 10.3 Å². The maximum Gasteiger partial charge on any atom is 0.247 e. The summed E-state index contributed by atoms with van der Waals surface area (Å²) in [7, 11) is 5.66. The van der Waals surface area contributed by atoms with Crippen molar-refractivity contribution in [2.24, 2.45) is 0 Å². The summed E-state index contributed by atoms with van der Waals surface area (Å²) < 4.78 is 0. The molecular weight excluding hydrogens is 214 g/mol. The first-order chi connectivity index (χ1) is 8.09. The van der Waals surface area contributed by atoms with Gasteiger partial charge in [-0.2, -0.15) is 0 Å². The number of nitrogens with zero attached hydrogens (tertiary/aromatic N) is 3. The average molecular weight is 233 g/mol. The van der Waals surface area contributed by atoms with Crippen LogP contribution in [0.3, 0.4) is 0 Å². The molecule has 2 rings (SSSR count). The third kappa shape index (κ3) is 1.82. The molecule has 0 aromatic carbocycles. The lowest BCUT2D eigenvalue weighted by molar-refractivity contribution is -0.140. The van der Waals surface area contributed by atoms with Crippen molar-refractivity contribution < 1.29 is 4.79 Å². The van der Waals surface area contributed by atoms with Gasteiger partial charge in [-0.05, 0) is 44.1 Å². The molecule has 0 bridgehead atoms. The van der Waals surface area contributed by atoms with E-state index in [4.69, 9.17) is 0 Å². The first-order valence-electron chi connectivity index (χ1n) is 5.92. The van der Waals surface area contributed by atoms with E-state index >= 15 is 0 Å². The molecule has 4 nitrogen and oxygen atoms in total. The number of pyridine rings is 1. The van der Waals surface area contributed by atoms with Gasteiger partial charge in [-0.1, -0.05) is 0 Å². The Morgan fingerprint density at radius 3 is 2.53 bits per heavy atom. The zero-order chi connectivity index (χ0) is 12.5. The third-order valence-corrected chi connectivity index (χ3v) is 3.60. The number of carbonyl (C=O) groups excluding carboxylic acids is 1. The normalized spacial score (nSPS) is 24.9. The summed E-state index contributed by atoms with van der Waals surface area (Å²) in [5.74, 6) is 0.156. The standard InChI is InChI=1S/C13H19N3O/c1-15(2)12(17)13(7-4-10-16(13)3)11-5-8-14-9-6-11/h5-6,8-9H,4,7,10H2,1-3H3. The minimum atomic E-state index is -0.494. The van der Waals surface area contributed by atoms with E-state index in [1.807, 2.05) is 33.3 Å². The minimum Gasteiger partial charge on any atom is -0.347 e. The molecule has 1 amide bonds. The Labute approximate surface area is 102 Å². The summed E-state index contributed by atoms with van der Waals surface area (Å²) in [6.45, 7) is 0.960. The van der Waals surface area contributed by atoms with Gasteiger partial charge in [0.2, 0.25) is 5.91 Å². The van der Waals surface area contributed by atoms with E-state index in [-0.39, 0.29) is 5.91 Å². The van der Waals surface area contributed by atoms with Crippen molar-refractivity contribution in [1.82, 2.24) is 14.8 Å². The summed E-state index contributed by atoms with van der Waals surface area (Å²) in [5, 5.41) is 0. The molecule has 0 N–H and O–H groups in total. The van der Waals surface area contributed by atoms with E-state index in [0.29, 0.717) is 0 Å². The maximum absolute atomic E-state index is 12.5. The number of rotatable bonds is 2. The Kier molecular flexibility index (Phi) is 3.15. The number of likely N-dealkylation sites (tertiary alicyclic amines) is 1. The summed E-state index contributed by atoms with van der Waals surface area (Å²) in [4.78, 5) is 20.4. The van der Waals surface area contributed by atoms with Gasteiger partial charge in [-0.15, -0.1) is 0 Å². The van der Waals surface area contributed by atoms with Crippen LogP contribution in [-0.4, -0.2) is 48.4 Å². The fourth-order valence-corrected chi connectivity index (χ4v) is 2.71. The van der Waals surface area contributed by atoms with E-state index < -0.39 is 5.54 Å². The van der Waals surface area contributed by atoms with Gasteiger partial charge in [0.05, 0.1) is 0 Å². The molecule has 1 fully saturated rings. The lowest BCUT2D eigenvalue weighted by Crippen LogP contribution is -2.51. The van der Waals surface area contributed by atoms with Crippen LogP contribution in [0, 0.1) is 0 Å². The van der Waals surface area contributed by atoms with Crippen molar-refractivity contribution in [1.29, 1.82) is 0 Å². The summed E-state index contributed by atoms with van der Waals surface area (Å²) in [6, 6.07) is 3.90. The Balaban J connectivity index is 2.49. The number of hydrogen-bond donors (Lipinski definition) is 0. The van der Waals surface area contributed by atoms with Crippen LogP contribution >= 0.6 is 0 Å². The van der Waals surface area contributed by atoms with Crippen molar-refractivity contribution in [3.63, 3.8) is 0 Å². The fraction of sp³-hybridized carbons (Fsp3) is 0.538. The minimum absolute atomic E-state index is 0.156. The molecule has 1 unspecified atom stereocenters. The van der Waals surface area contributed by atoms with E-state index in [2.05, 4.69) is 9.88 Å². The summed E-state index contributed by atoms with van der Waals surface area (Å²) >= 11 is 0. The van der Waals surface area contributed by atoms with Gasteiger partial charge in [-0.25, -0.2) is 0 Å². The van der Waals surface area contributed by atoms with Gasteiger partial charge in [-0.3, -0.25) is 14.7 Å². The van der Waals surface area contributed by atoms with Gasteiger partial charge in [0, 0.05) is 26.5 Å². The van der Waals surface area contributed by atoms with Gasteiger partial charge < -0.3 is 4.90 Å². The predicted octanol–water partition coefficient (Wildman–Crippen LogP) is 1.09. The molecule has 1 aromatic heterocycles. The first-order valence-corrected chi connectivity index (χ1v) is 5.92. The van der Waals surface area contributed by atoms with Crippen LogP contribution in [0.15, 0.2) is 24.5 Å². The highest BCUT2D eigenvalue weighted by Crippen LogP contribution is 2.38. The van der Waals surface area contributed by atoms with Crippen molar-refractivity contribution in [2.45, 2.75) is 18.4 Å². The zero-order valence-corrected chi connectivity index (χ0v) is 10.7. The monoisotopic (exact) mass is 233 g/mol. The lowest BCUT2D eigenvalue weighted by atomic mass is 9.86. The lowest BCUT2D eigenvalue weighted by Gasteiger charge is -2.37. The molecule has 1 atom stereocenters. The van der Waals surface area contributed by atoms with Crippen LogP contribution in [0.4, 0.5) is 0 Å². The molecule has 1 saturated heterocycles. The number of aromatic nitrogens is 1. The van der Waals surface area contributed by atoms with Crippen LogP contribution in [0.2, 0.25) is 0 Å². The fourth-order valence-electron chi connectivity index (χ4n) is 2.71. The molecule has 1 aliphatic rings. The molecule has 1 aromatic rings. The Hall–Kier alpha value is -1.42. The summed E-state index contributed by atoms with van der Waals surface area (Å²) in [5.41, 5.74) is 0.554. The molecule has 17 heavy (non-hydrogen) atoms. The Morgan fingerprint density at radius 1 is 1.41 bits per heavy atom. The number of likely N-dealkylation sites (N-methyl/N-ethyl adjacent to an activating group) is 2. The number of hydrogen-bond acceptors (Lipinski definition) is 3. The highest BCUT2D eigenvalue weighted by Gasteiger charge is 2.47. The SMILES string of the molecule is CN(C)C(=O)C1(c2ccncc2)CCCN1C. The second-order valence-corrected chi connectivity index (χ2v) is 4.82. The second-order valence-electron chi connectivity index (χ2n) is 4.82. The topological polar surface area (TPSA) is 36.4 Å². The quantitative estimate of drug-likeness (QED) is 0.767. The highest BCUT2D eigenvalue weighted by molar-refractivity contribution is 5.87. The average Bonchev–Trinajstić information content (AvgIpc) is 2.72. The Morgan fingerprint density at radius 2 is 2.06 bits per heavy atom. The number of amides is 1. The van der Waals surface area contributed by atoms with E-state index in [0.717, 1.165) is 24.9 Å². The third-order valence-electron chi connectivity index (χ3n) is 3.60. The molecule has 0 aliphatic carbocycles. The van der Waals surface area contributed by atoms with Crippen molar-refractivity contribution in [2.75, 3.05) is 27.7 Å². The maximum atomic E-state index is 12.5. The highest BCUT2D eigenvalue weighted by atomic mass is 16.2. The van der Waals surface area contributed by atoms with Crippen molar-refractivity contribution >= 4 is 5.91 Å². The van der Waals surface area contributed by atoms with Crippen molar-refractivity contribution in [3.05, 3.63) is 30.1 Å². The molecule has 92 valence electrons. The zero-order valence-electron chi connectivity index (χ0n) is 10.7. The van der Waals surface area contributed by atoms with Gasteiger partial charge in [0.1, 0.15) is 5.54 Å². The van der Waals surface area contributed by atoms with E-state index in [1.54, 1.807) is 17.3 Å². The van der Waals surface area contributed by atoms with Gasteiger partial charge in [0.15, 0.2) is 0 Å². The smallest absolute Gasteiger partial charge is 0.247 e.